The zero-order valence-corrected chi connectivity index (χ0v) is 13.6. The van der Waals surface area contributed by atoms with Gasteiger partial charge in [-0.2, -0.15) is 0 Å². The molecule has 0 fully saturated rings. The second-order valence-corrected chi connectivity index (χ2v) is 5.95. The summed E-state index contributed by atoms with van der Waals surface area (Å²) < 4.78 is 5.30. The molecule has 1 unspecified atom stereocenters. The maximum absolute atomic E-state index is 12.4. The number of anilines is 1. The second kappa shape index (κ2) is 6.73. The van der Waals surface area contributed by atoms with E-state index in [1.807, 2.05) is 31.2 Å². The molecular weight excluding hydrogens is 288 g/mol. The zero-order valence-electron chi connectivity index (χ0n) is 13.6. The third-order valence-corrected chi connectivity index (χ3v) is 4.28. The molecule has 1 atom stereocenters. The molecular formula is C19H22N2O2. The van der Waals surface area contributed by atoms with Crippen molar-refractivity contribution in [2.45, 2.75) is 32.2 Å². The highest BCUT2D eigenvalue weighted by Crippen LogP contribution is 2.30. The number of hydrogen-bond donors (Lipinski definition) is 2. The van der Waals surface area contributed by atoms with Crippen LogP contribution in [-0.2, 0) is 6.42 Å². The normalized spacial score (nSPS) is 16.3. The molecule has 2 amide bonds. The maximum Gasteiger partial charge on any atom is 0.319 e. The summed E-state index contributed by atoms with van der Waals surface area (Å²) in [5, 5.41) is 5.99. The molecule has 0 aliphatic heterocycles. The average Bonchev–Trinajstić information content (AvgIpc) is 2.55. The number of fused-ring (bicyclic) bond motifs is 1. The molecule has 3 rings (SSSR count). The lowest BCUT2D eigenvalue weighted by Gasteiger charge is -2.26. The summed E-state index contributed by atoms with van der Waals surface area (Å²) in [5.74, 6) is 0.662. The van der Waals surface area contributed by atoms with Gasteiger partial charge >= 0.3 is 6.03 Å². The Kier molecular flexibility index (Phi) is 4.51. The Morgan fingerprint density at radius 3 is 2.87 bits per heavy atom. The highest BCUT2D eigenvalue weighted by atomic mass is 16.5. The molecule has 1 aliphatic carbocycles. The van der Waals surface area contributed by atoms with Crippen molar-refractivity contribution in [2.75, 3.05) is 12.4 Å². The largest absolute Gasteiger partial charge is 0.495 e. The zero-order chi connectivity index (χ0) is 16.2. The summed E-state index contributed by atoms with van der Waals surface area (Å²) in [4.78, 5) is 12.4. The van der Waals surface area contributed by atoms with Crippen LogP contribution in [0.25, 0.3) is 0 Å². The number of aryl methyl sites for hydroxylation is 2. The Bertz CT molecular complexity index is 712. The number of amides is 2. The quantitative estimate of drug-likeness (QED) is 0.892. The number of methoxy groups -OCH3 is 1. The number of carbonyl (C=O) groups excluding carboxylic acids is 1. The third-order valence-electron chi connectivity index (χ3n) is 4.28. The molecule has 0 aromatic heterocycles. The van der Waals surface area contributed by atoms with Gasteiger partial charge in [0.15, 0.2) is 0 Å². The van der Waals surface area contributed by atoms with Gasteiger partial charge in [0.25, 0.3) is 0 Å². The van der Waals surface area contributed by atoms with Crippen LogP contribution in [0.4, 0.5) is 10.5 Å². The number of nitrogens with one attached hydrogen (secondary N) is 2. The summed E-state index contributed by atoms with van der Waals surface area (Å²) in [6, 6.07) is 13.9. The monoisotopic (exact) mass is 310 g/mol. The summed E-state index contributed by atoms with van der Waals surface area (Å²) in [7, 11) is 1.60. The molecule has 0 saturated heterocycles. The van der Waals surface area contributed by atoms with Crippen LogP contribution in [0.15, 0.2) is 42.5 Å². The number of benzene rings is 2. The van der Waals surface area contributed by atoms with Crippen LogP contribution in [0.1, 0.15) is 35.6 Å². The highest BCUT2D eigenvalue weighted by molar-refractivity contribution is 5.91. The van der Waals surface area contributed by atoms with Crippen molar-refractivity contribution in [2.24, 2.45) is 0 Å². The molecule has 23 heavy (non-hydrogen) atoms. The predicted molar refractivity (Wildman–Crippen MR) is 92.0 cm³/mol. The van der Waals surface area contributed by atoms with Crippen LogP contribution in [0.3, 0.4) is 0 Å². The predicted octanol–water partition coefficient (Wildman–Crippen LogP) is 4.20. The minimum atomic E-state index is -0.199. The van der Waals surface area contributed by atoms with Crippen LogP contribution in [0.5, 0.6) is 5.75 Å². The fourth-order valence-electron chi connectivity index (χ4n) is 3.14. The van der Waals surface area contributed by atoms with Gasteiger partial charge in [-0.3, -0.25) is 0 Å². The second-order valence-electron chi connectivity index (χ2n) is 5.95. The van der Waals surface area contributed by atoms with Crippen molar-refractivity contribution in [3.05, 3.63) is 59.2 Å². The Balaban J connectivity index is 1.73. The summed E-state index contributed by atoms with van der Waals surface area (Å²) in [6.45, 7) is 1.99. The molecule has 0 bridgehead atoms. The number of hydrogen-bond acceptors (Lipinski definition) is 2. The molecule has 0 radical (unpaired) electrons. The van der Waals surface area contributed by atoms with E-state index in [1.54, 1.807) is 7.11 Å². The highest BCUT2D eigenvalue weighted by Gasteiger charge is 2.21. The number of carbonyl (C=O) groups is 1. The fraction of sp³-hybridized carbons (Fsp3) is 0.316. The van der Waals surface area contributed by atoms with Crippen molar-refractivity contribution in [1.82, 2.24) is 5.32 Å². The van der Waals surface area contributed by atoms with Gasteiger partial charge in [0.1, 0.15) is 5.75 Å². The fourth-order valence-corrected chi connectivity index (χ4v) is 3.14. The van der Waals surface area contributed by atoms with E-state index in [9.17, 15) is 4.79 Å². The lowest BCUT2D eigenvalue weighted by Crippen LogP contribution is -2.34. The molecule has 2 aromatic rings. The van der Waals surface area contributed by atoms with Gasteiger partial charge in [0, 0.05) is 0 Å². The first-order valence-electron chi connectivity index (χ1n) is 7.97. The van der Waals surface area contributed by atoms with Crippen molar-refractivity contribution >= 4 is 11.7 Å². The third kappa shape index (κ3) is 3.47. The molecule has 1 aliphatic rings. The Morgan fingerprint density at radius 1 is 1.22 bits per heavy atom. The number of rotatable bonds is 3. The number of urea groups is 1. The van der Waals surface area contributed by atoms with Crippen LogP contribution in [0.2, 0.25) is 0 Å². The molecule has 4 heteroatoms. The van der Waals surface area contributed by atoms with E-state index in [0.717, 1.165) is 24.8 Å². The van der Waals surface area contributed by atoms with Crippen LogP contribution >= 0.6 is 0 Å². The summed E-state index contributed by atoms with van der Waals surface area (Å²) >= 11 is 0. The van der Waals surface area contributed by atoms with E-state index in [1.165, 1.54) is 11.1 Å². The first-order valence-corrected chi connectivity index (χ1v) is 7.97. The van der Waals surface area contributed by atoms with E-state index in [0.29, 0.717) is 11.4 Å². The maximum atomic E-state index is 12.4. The van der Waals surface area contributed by atoms with Crippen molar-refractivity contribution < 1.29 is 9.53 Å². The van der Waals surface area contributed by atoms with Gasteiger partial charge in [-0.1, -0.05) is 30.3 Å². The lowest BCUT2D eigenvalue weighted by molar-refractivity contribution is 0.247. The van der Waals surface area contributed by atoms with Gasteiger partial charge in [-0.15, -0.1) is 0 Å². The molecule has 4 nitrogen and oxygen atoms in total. The molecule has 2 N–H and O–H groups in total. The summed E-state index contributed by atoms with van der Waals surface area (Å²) in [6.07, 6.45) is 3.15. The van der Waals surface area contributed by atoms with E-state index in [2.05, 4.69) is 28.8 Å². The van der Waals surface area contributed by atoms with Crippen LogP contribution in [0, 0.1) is 6.92 Å². The molecule has 0 heterocycles. The minimum absolute atomic E-state index is 0.0655. The Morgan fingerprint density at radius 2 is 2.04 bits per heavy atom. The van der Waals surface area contributed by atoms with E-state index in [4.69, 9.17) is 4.74 Å². The number of ether oxygens (including phenoxy) is 1. The van der Waals surface area contributed by atoms with Gasteiger partial charge in [-0.25, -0.2) is 4.79 Å². The van der Waals surface area contributed by atoms with Gasteiger partial charge in [-0.05, 0) is 55.0 Å². The topological polar surface area (TPSA) is 50.4 Å². The molecule has 0 spiro atoms. The van der Waals surface area contributed by atoms with Crippen molar-refractivity contribution in [1.29, 1.82) is 0 Å². The first kappa shape index (κ1) is 15.4. The molecule has 2 aromatic carbocycles. The standard InChI is InChI=1S/C19H22N2O2/c1-13-10-11-18(23-2)17(12-13)21-19(22)20-16-9-5-7-14-6-3-4-8-15(14)16/h3-4,6,8,10-12,16H,5,7,9H2,1-2H3,(H2,20,21,22). The van der Waals surface area contributed by atoms with Crippen LogP contribution < -0.4 is 15.4 Å². The SMILES string of the molecule is COc1ccc(C)cc1NC(=O)NC1CCCc2ccccc21. The van der Waals surface area contributed by atoms with Crippen molar-refractivity contribution in [3.8, 4) is 5.75 Å². The van der Waals surface area contributed by atoms with E-state index >= 15 is 0 Å². The molecule has 0 saturated carbocycles. The Hall–Kier alpha value is -2.49. The lowest BCUT2D eigenvalue weighted by atomic mass is 9.88. The smallest absolute Gasteiger partial charge is 0.319 e. The molecule has 120 valence electrons. The summed E-state index contributed by atoms with van der Waals surface area (Å²) in [5.41, 5.74) is 4.32. The van der Waals surface area contributed by atoms with E-state index in [-0.39, 0.29) is 12.1 Å². The average molecular weight is 310 g/mol. The van der Waals surface area contributed by atoms with Gasteiger partial charge in [0.05, 0.1) is 18.8 Å². The minimum Gasteiger partial charge on any atom is -0.495 e. The van der Waals surface area contributed by atoms with Gasteiger partial charge in [0.2, 0.25) is 0 Å². The van der Waals surface area contributed by atoms with E-state index < -0.39 is 0 Å². The van der Waals surface area contributed by atoms with Crippen molar-refractivity contribution in [3.63, 3.8) is 0 Å². The van der Waals surface area contributed by atoms with Crippen LogP contribution in [-0.4, -0.2) is 13.1 Å². The Labute approximate surface area is 136 Å². The van der Waals surface area contributed by atoms with Gasteiger partial charge < -0.3 is 15.4 Å². The first-order chi connectivity index (χ1) is 11.2.